The van der Waals surface area contributed by atoms with E-state index in [0.29, 0.717) is 55.6 Å². The monoisotopic (exact) mass is 369 g/mol. The summed E-state index contributed by atoms with van der Waals surface area (Å²) < 4.78 is 5.54. The van der Waals surface area contributed by atoms with Crippen LogP contribution in [0.5, 0.6) is 0 Å². The molecule has 0 bridgehead atoms. The second-order valence-corrected chi connectivity index (χ2v) is 6.44. The van der Waals surface area contributed by atoms with Gasteiger partial charge in [0.25, 0.3) is 11.8 Å². The van der Waals surface area contributed by atoms with Gasteiger partial charge in [-0.1, -0.05) is 24.2 Å². The van der Waals surface area contributed by atoms with Crippen molar-refractivity contribution in [2.75, 3.05) is 37.6 Å². The van der Waals surface area contributed by atoms with Gasteiger partial charge in [-0.25, -0.2) is 0 Å². The Morgan fingerprint density at radius 3 is 2.22 bits per heavy atom. The summed E-state index contributed by atoms with van der Waals surface area (Å²) in [6.45, 7) is 3.73. The molecule has 0 N–H and O–H groups in total. The van der Waals surface area contributed by atoms with Crippen molar-refractivity contribution in [3.63, 3.8) is 0 Å². The molecule has 1 aromatic heterocycles. The topological polar surface area (TPSA) is 99.9 Å². The number of imide groups is 1. The number of amides is 3. The lowest BCUT2D eigenvalue weighted by atomic mass is 10.1. The Kier molecular flexibility index (Phi) is 4.35. The van der Waals surface area contributed by atoms with E-state index in [1.54, 1.807) is 29.2 Å². The number of carbonyl (C=O) groups is 3. The summed E-state index contributed by atoms with van der Waals surface area (Å²) in [4.78, 5) is 42.0. The predicted molar refractivity (Wildman–Crippen MR) is 94.3 cm³/mol. The highest BCUT2D eigenvalue weighted by atomic mass is 16.4. The fourth-order valence-corrected chi connectivity index (χ4v) is 3.28. The quantitative estimate of drug-likeness (QED) is 0.727. The SMILES string of the molecule is CCc1nnc(N2CCN(C(=O)CN3C(=O)c4ccccc4C3=O)CC2)o1. The van der Waals surface area contributed by atoms with E-state index in [4.69, 9.17) is 4.42 Å². The lowest BCUT2D eigenvalue weighted by Crippen LogP contribution is -2.52. The molecule has 0 saturated carbocycles. The van der Waals surface area contributed by atoms with Crippen LogP contribution in [0.3, 0.4) is 0 Å². The minimum atomic E-state index is -0.416. The van der Waals surface area contributed by atoms with Gasteiger partial charge in [-0.15, -0.1) is 5.10 Å². The van der Waals surface area contributed by atoms with Gasteiger partial charge in [0.15, 0.2) is 0 Å². The van der Waals surface area contributed by atoms with Crippen LogP contribution in [0.15, 0.2) is 28.7 Å². The first-order valence-electron chi connectivity index (χ1n) is 8.88. The molecule has 9 heteroatoms. The van der Waals surface area contributed by atoms with Crippen molar-refractivity contribution in [3.8, 4) is 0 Å². The molecule has 0 radical (unpaired) electrons. The van der Waals surface area contributed by atoms with Crippen LogP contribution in [0, 0.1) is 0 Å². The van der Waals surface area contributed by atoms with E-state index >= 15 is 0 Å². The van der Waals surface area contributed by atoms with Gasteiger partial charge in [0.2, 0.25) is 11.8 Å². The van der Waals surface area contributed by atoms with Crippen molar-refractivity contribution in [3.05, 3.63) is 41.3 Å². The van der Waals surface area contributed by atoms with Gasteiger partial charge in [-0.3, -0.25) is 19.3 Å². The third-order valence-electron chi connectivity index (χ3n) is 4.83. The number of aromatic nitrogens is 2. The molecule has 0 atom stereocenters. The third-order valence-corrected chi connectivity index (χ3v) is 4.83. The molecule has 3 amide bonds. The normalized spacial score (nSPS) is 16.9. The van der Waals surface area contributed by atoms with Crippen LogP contribution in [0.1, 0.15) is 33.5 Å². The maximum atomic E-state index is 12.6. The minimum Gasteiger partial charge on any atom is -0.408 e. The van der Waals surface area contributed by atoms with E-state index < -0.39 is 11.8 Å². The van der Waals surface area contributed by atoms with Crippen LogP contribution in [0.25, 0.3) is 0 Å². The Morgan fingerprint density at radius 1 is 1.04 bits per heavy atom. The van der Waals surface area contributed by atoms with Crippen molar-refractivity contribution in [1.82, 2.24) is 20.0 Å². The van der Waals surface area contributed by atoms with Crippen LogP contribution in [-0.4, -0.2) is 70.4 Å². The number of aryl methyl sites for hydroxylation is 1. The molecule has 27 heavy (non-hydrogen) atoms. The molecule has 140 valence electrons. The van der Waals surface area contributed by atoms with Gasteiger partial charge in [-0.2, -0.15) is 0 Å². The number of nitrogens with zero attached hydrogens (tertiary/aromatic N) is 5. The summed E-state index contributed by atoms with van der Waals surface area (Å²) >= 11 is 0. The Bertz CT molecular complexity index is 866. The average molecular weight is 369 g/mol. The lowest BCUT2D eigenvalue weighted by Gasteiger charge is -2.34. The molecular formula is C18H19N5O4. The number of hydrogen-bond donors (Lipinski definition) is 0. The van der Waals surface area contributed by atoms with Crippen LogP contribution < -0.4 is 4.90 Å². The number of hydrogen-bond acceptors (Lipinski definition) is 7. The molecule has 4 rings (SSSR count). The maximum absolute atomic E-state index is 12.6. The predicted octanol–water partition coefficient (Wildman–Crippen LogP) is 0.577. The second-order valence-electron chi connectivity index (χ2n) is 6.44. The van der Waals surface area contributed by atoms with Crippen molar-refractivity contribution in [2.45, 2.75) is 13.3 Å². The number of carbonyl (C=O) groups excluding carboxylic acids is 3. The van der Waals surface area contributed by atoms with Gasteiger partial charge < -0.3 is 14.2 Å². The fourth-order valence-electron chi connectivity index (χ4n) is 3.28. The summed E-state index contributed by atoms with van der Waals surface area (Å²) in [5, 5.41) is 7.96. The van der Waals surface area contributed by atoms with Gasteiger partial charge in [0.1, 0.15) is 6.54 Å². The summed E-state index contributed by atoms with van der Waals surface area (Å²) in [6.07, 6.45) is 0.672. The molecule has 1 aromatic carbocycles. The Balaban J connectivity index is 1.36. The first kappa shape index (κ1) is 17.2. The highest BCUT2D eigenvalue weighted by Crippen LogP contribution is 2.22. The first-order chi connectivity index (χ1) is 13.1. The molecule has 0 aliphatic carbocycles. The molecule has 2 aliphatic heterocycles. The van der Waals surface area contributed by atoms with Crippen LogP contribution in [0.4, 0.5) is 6.01 Å². The van der Waals surface area contributed by atoms with Crippen molar-refractivity contribution in [2.24, 2.45) is 0 Å². The van der Waals surface area contributed by atoms with Crippen LogP contribution in [0.2, 0.25) is 0 Å². The second kappa shape index (κ2) is 6.82. The highest BCUT2D eigenvalue weighted by molar-refractivity contribution is 6.22. The zero-order chi connectivity index (χ0) is 19.0. The van der Waals surface area contributed by atoms with Crippen molar-refractivity contribution >= 4 is 23.7 Å². The Hall–Kier alpha value is -3.23. The molecule has 2 aromatic rings. The van der Waals surface area contributed by atoms with E-state index in [9.17, 15) is 14.4 Å². The molecule has 1 saturated heterocycles. The molecular weight excluding hydrogens is 350 g/mol. The number of rotatable bonds is 4. The Morgan fingerprint density at radius 2 is 1.67 bits per heavy atom. The van der Waals surface area contributed by atoms with E-state index in [0.717, 1.165) is 4.90 Å². The molecule has 9 nitrogen and oxygen atoms in total. The summed E-state index contributed by atoms with van der Waals surface area (Å²) in [6, 6.07) is 7.08. The van der Waals surface area contributed by atoms with Crippen molar-refractivity contribution < 1.29 is 18.8 Å². The van der Waals surface area contributed by atoms with Crippen LogP contribution >= 0.6 is 0 Å². The first-order valence-corrected chi connectivity index (χ1v) is 8.88. The van der Waals surface area contributed by atoms with Gasteiger partial charge in [-0.05, 0) is 12.1 Å². The van der Waals surface area contributed by atoms with Crippen LogP contribution in [-0.2, 0) is 11.2 Å². The zero-order valence-electron chi connectivity index (χ0n) is 14.9. The molecule has 1 fully saturated rings. The lowest BCUT2D eigenvalue weighted by molar-refractivity contribution is -0.131. The fraction of sp³-hybridized carbons (Fsp3) is 0.389. The van der Waals surface area contributed by atoms with Gasteiger partial charge in [0.05, 0.1) is 11.1 Å². The summed E-state index contributed by atoms with van der Waals surface area (Å²) in [5.41, 5.74) is 0.700. The average Bonchev–Trinajstić information content (AvgIpc) is 3.28. The maximum Gasteiger partial charge on any atom is 0.318 e. The van der Waals surface area contributed by atoms with Gasteiger partial charge >= 0.3 is 6.01 Å². The molecule has 2 aliphatic rings. The molecule has 0 unspecified atom stereocenters. The number of anilines is 1. The number of fused-ring (bicyclic) bond motifs is 1. The zero-order valence-corrected chi connectivity index (χ0v) is 14.9. The molecule has 0 spiro atoms. The summed E-state index contributed by atoms with van der Waals surface area (Å²) in [5.74, 6) is -0.501. The van der Waals surface area contributed by atoms with Gasteiger partial charge in [0, 0.05) is 32.6 Å². The van der Waals surface area contributed by atoms with E-state index in [-0.39, 0.29) is 12.5 Å². The largest absolute Gasteiger partial charge is 0.408 e. The Labute approximate surface area is 155 Å². The minimum absolute atomic E-state index is 0.243. The summed E-state index contributed by atoms with van der Waals surface area (Å²) in [7, 11) is 0. The third kappa shape index (κ3) is 3.05. The smallest absolute Gasteiger partial charge is 0.318 e. The molecule has 3 heterocycles. The standard InChI is InChI=1S/C18H19N5O4/c1-2-14-19-20-18(27-14)22-9-7-21(8-10-22)15(24)11-23-16(25)12-5-3-4-6-13(12)17(23)26/h3-6H,2,7-11H2,1H3. The number of benzene rings is 1. The number of piperazine rings is 1. The highest BCUT2D eigenvalue weighted by Gasteiger charge is 2.37. The van der Waals surface area contributed by atoms with Crippen molar-refractivity contribution in [1.29, 1.82) is 0 Å². The van der Waals surface area contributed by atoms with E-state index in [2.05, 4.69) is 10.2 Å². The van der Waals surface area contributed by atoms with E-state index in [1.807, 2.05) is 11.8 Å². The van der Waals surface area contributed by atoms with E-state index in [1.165, 1.54) is 0 Å².